The molecular weight excluding hydrogens is 248 g/mol. The number of hydrogen-bond acceptors (Lipinski definition) is 6. The second-order valence-electron chi connectivity index (χ2n) is 4.56. The Balaban J connectivity index is 1.82. The average Bonchev–Trinajstić information content (AvgIpc) is 2.39. The molecule has 1 aromatic heterocycles. The predicted octanol–water partition coefficient (Wildman–Crippen LogP) is 1.94. The van der Waals surface area contributed by atoms with Gasteiger partial charge in [0.2, 0.25) is 5.82 Å². The van der Waals surface area contributed by atoms with Crippen LogP contribution in [0.1, 0.15) is 25.7 Å². The first kappa shape index (κ1) is 13.5. The van der Waals surface area contributed by atoms with Crippen molar-refractivity contribution in [2.75, 3.05) is 24.2 Å². The van der Waals surface area contributed by atoms with Crippen LogP contribution in [0.15, 0.2) is 12.1 Å². The summed E-state index contributed by atoms with van der Waals surface area (Å²) in [5.74, 6) is 0.489. The quantitative estimate of drug-likeness (QED) is 0.623. The van der Waals surface area contributed by atoms with Crippen molar-refractivity contribution in [2.24, 2.45) is 0 Å². The molecule has 104 valence electrons. The third-order valence-electron chi connectivity index (χ3n) is 3.15. The van der Waals surface area contributed by atoms with Gasteiger partial charge in [-0.05, 0) is 31.7 Å². The van der Waals surface area contributed by atoms with Gasteiger partial charge in [-0.25, -0.2) is 4.98 Å². The number of nitrogens with zero attached hydrogens (tertiary/aromatic N) is 2. The van der Waals surface area contributed by atoms with Gasteiger partial charge >= 0.3 is 5.69 Å². The highest BCUT2D eigenvalue weighted by molar-refractivity contribution is 5.57. The van der Waals surface area contributed by atoms with Crippen LogP contribution in [0.2, 0.25) is 0 Å². The molecule has 0 aliphatic carbocycles. The monoisotopic (exact) mass is 266 g/mol. The Morgan fingerprint density at radius 1 is 1.53 bits per heavy atom. The fraction of sp³-hybridized carbons (Fsp3) is 0.583. The Morgan fingerprint density at radius 2 is 2.37 bits per heavy atom. The lowest BCUT2D eigenvalue weighted by Crippen LogP contribution is -2.22. The van der Waals surface area contributed by atoms with Gasteiger partial charge in [0, 0.05) is 19.2 Å². The standard InChI is InChI=1S/C12H18N4O3/c13-12-10(16(17)18)4-5-11(15-12)14-7-6-9-3-1-2-8-19-9/h4-5,9H,1-3,6-8H2,(H3,13,14,15). The number of nitrogens with two attached hydrogens (primary N) is 1. The van der Waals surface area contributed by atoms with Crippen LogP contribution in [-0.4, -0.2) is 29.2 Å². The van der Waals surface area contributed by atoms with Crippen LogP contribution in [0.5, 0.6) is 0 Å². The number of hydrogen-bond donors (Lipinski definition) is 2. The molecule has 0 bridgehead atoms. The van der Waals surface area contributed by atoms with E-state index in [2.05, 4.69) is 10.3 Å². The molecule has 7 heteroatoms. The number of ether oxygens (including phenoxy) is 1. The fourth-order valence-electron chi connectivity index (χ4n) is 2.12. The minimum atomic E-state index is -0.540. The van der Waals surface area contributed by atoms with E-state index >= 15 is 0 Å². The van der Waals surface area contributed by atoms with E-state index in [1.165, 1.54) is 12.5 Å². The minimum Gasteiger partial charge on any atom is -0.378 e. The smallest absolute Gasteiger partial charge is 0.311 e. The summed E-state index contributed by atoms with van der Waals surface area (Å²) >= 11 is 0. The van der Waals surface area contributed by atoms with Crippen molar-refractivity contribution < 1.29 is 9.66 Å². The van der Waals surface area contributed by atoms with E-state index in [0.29, 0.717) is 11.9 Å². The molecule has 1 aromatic rings. The van der Waals surface area contributed by atoms with Crippen molar-refractivity contribution in [1.29, 1.82) is 0 Å². The zero-order valence-corrected chi connectivity index (χ0v) is 10.7. The summed E-state index contributed by atoms with van der Waals surface area (Å²) in [5, 5.41) is 13.7. The predicted molar refractivity (Wildman–Crippen MR) is 72.0 cm³/mol. The van der Waals surface area contributed by atoms with E-state index in [0.717, 1.165) is 32.4 Å². The van der Waals surface area contributed by atoms with E-state index in [4.69, 9.17) is 10.5 Å². The summed E-state index contributed by atoms with van der Waals surface area (Å²) in [6, 6.07) is 2.93. The zero-order valence-electron chi connectivity index (χ0n) is 10.7. The number of rotatable bonds is 5. The molecule has 7 nitrogen and oxygen atoms in total. The van der Waals surface area contributed by atoms with E-state index in [1.54, 1.807) is 6.07 Å². The minimum absolute atomic E-state index is 0.0658. The molecule has 0 amide bonds. The van der Waals surface area contributed by atoms with Gasteiger partial charge in [0.15, 0.2) is 0 Å². The SMILES string of the molecule is Nc1nc(NCCC2CCCCO2)ccc1[N+](=O)[O-]. The molecule has 1 unspecified atom stereocenters. The molecule has 0 aromatic carbocycles. The molecule has 1 saturated heterocycles. The summed E-state index contributed by atoms with van der Waals surface area (Å²) in [7, 11) is 0. The first-order valence-electron chi connectivity index (χ1n) is 6.43. The Labute approximate surface area is 111 Å². The van der Waals surface area contributed by atoms with Crippen LogP contribution < -0.4 is 11.1 Å². The van der Waals surface area contributed by atoms with Crippen molar-refractivity contribution in [3.8, 4) is 0 Å². The Morgan fingerprint density at radius 3 is 3.00 bits per heavy atom. The largest absolute Gasteiger partial charge is 0.378 e. The third-order valence-corrected chi connectivity index (χ3v) is 3.15. The number of aromatic nitrogens is 1. The number of anilines is 2. The average molecular weight is 266 g/mol. The molecule has 2 rings (SSSR count). The summed E-state index contributed by atoms with van der Waals surface area (Å²) in [5.41, 5.74) is 5.35. The van der Waals surface area contributed by atoms with Crippen LogP contribution >= 0.6 is 0 Å². The highest BCUT2D eigenvalue weighted by atomic mass is 16.6. The Kier molecular flexibility index (Phi) is 4.51. The summed E-state index contributed by atoms with van der Waals surface area (Å²) in [4.78, 5) is 14.0. The molecule has 0 saturated carbocycles. The Hall–Kier alpha value is -1.89. The normalized spacial score (nSPS) is 19.1. The van der Waals surface area contributed by atoms with Gasteiger partial charge in [-0.3, -0.25) is 10.1 Å². The van der Waals surface area contributed by atoms with E-state index in [1.807, 2.05) is 0 Å². The second kappa shape index (κ2) is 6.33. The second-order valence-corrected chi connectivity index (χ2v) is 4.56. The number of nitro groups is 1. The molecule has 1 atom stereocenters. The van der Waals surface area contributed by atoms with Crippen molar-refractivity contribution in [3.05, 3.63) is 22.2 Å². The van der Waals surface area contributed by atoms with Gasteiger partial charge < -0.3 is 15.8 Å². The number of pyridine rings is 1. The van der Waals surface area contributed by atoms with Crippen molar-refractivity contribution in [3.63, 3.8) is 0 Å². The van der Waals surface area contributed by atoms with Crippen LogP contribution in [0.25, 0.3) is 0 Å². The first-order valence-corrected chi connectivity index (χ1v) is 6.43. The first-order chi connectivity index (χ1) is 9.16. The molecule has 0 radical (unpaired) electrons. The van der Waals surface area contributed by atoms with Crippen molar-refractivity contribution in [2.45, 2.75) is 31.8 Å². The van der Waals surface area contributed by atoms with Crippen LogP contribution in [0, 0.1) is 10.1 Å². The maximum absolute atomic E-state index is 10.6. The maximum atomic E-state index is 10.6. The topological polar surface area (TPSA) is 103 Å². The molecule has 2 heterocycles. The molecular formula is C12H18N4O3. The summed E-state index contributed by atoms with van der Waals surface area (Å²) < 4.78 is 5.62. The number of nitrogen functional groups attached to an aromatic ring is 1. The molecule has 0 spiro atoms. The number of nitrogens with one attached hydrogen (secondary N) is 1. The molecule has 3 N–H and O–H groups in total. The summed E-state index contributed by atoms with van der Waals surface area (Å²) in [6.45, 7) is 1.56. The highest BCUT2D eigenvalue weighted by Crippen LogP contribution is 2.21. The van der Waals surface area contributed by atoms with Crippen molar-refractivity contribution >= 4 is 17.3 Å². The van der Waals surface area contributed by atoms with E-state index in [-0.39, 0.29) is 11.5 Å². The maximum Gasteiger partial charge on any atom is 0.311 e. The summed E-state index contributed by atoms with van der Waals surface area (Å²) in [6.07, 6.45) is 4.66. The fourth-order valence-corrected chi connectivity index (χ4v) is 2.12. The van der Waals surface area contributed by atoms with Gasteiger partial charge in [0.25, 0.3) is 0 Å². The Bertz CT molecular complexity index is 447. The molecule has 1 fully saturated rings. The third kappa shape index (κ3) is 3.78. The molecule has 19 heavy (non-hydrogen) atoms. The van der Waals surface area contributed by atoms with Gasteiger partial charge in [-0.2, -0.15) is 0 Å². The molecule has 1 aliphatic rings. The lowest BCUT2D eigenvalue weighted by molar-refractivity contribution is -0.384. The van der Waals surface area contributed by atoms with Gasteiger partial charge in [0.05, 0.1) is 11.0 Å². The van der Waals surface area contributed by atoms with E-state index < -0.39 is 4.92 Å². The highest BCUT2D eigenvalue weighted by Gasteiger charge is 2.14. The lowest BCUT2D eigenvalue weighted by Gasteiger charge is -2.22. The van der Waals surface area contributed by atoms with Crippen LogP contribution in [0.3, 0.4) is 0 Å². The van der Waals surface area contributed by atoms with Gasteiger partial charge in [-0.15, -0.1) is 0 Å². The zero-order chi connectivity index (χ0) is 13.7. The van der Waals surface area contributed by atoms with Crippen molar-refractivity contribution in [1.82, 2.24) is 4.98 Å². The molecule has 1 aliphatic heterocycles. The van der Waals surface area contributed by atoms with Crippen LogP contribution in [-0.2, 0) is 4.74 Å². The lowest BCUT2D eigenvalue weighted by atomic mass is 10.1. The van der Waals surface area contributed by atoms with E-state index in [9.17, 15) is 10.1 Å². The van der Waals surface area contributed by atoms with Crippen LogP contribution in [0.4, 0.5) is 17.3 Å². The van der Waals surface area contributed by atoms with Gasteiger partial charge in [-0.1, -0.05) is 0 Å². The van der Waals surface area contributed by atoms with Gasteiger partial charge in [0.1, 0.15) is 5.82 Å².